The van der Waals surface area contributed by atoms with Gasteiger partial charge in [-0.05, 0) is 27.7 Å². The zero-order valence-corrected chi connectivity index (χ0v) is 10.7. The number of hydrogen-bond acceptors (Lipinski definition) is 5. The van der Waals surface area contributed by atoms with Gasteiger partial charge in [0, 0.05) is 5.57 Å². The van der Waals surface area contributed by atoms with Crippen molar-refractivity contribution in [3.8, 4) is 12.2 Å². The Balaban J connectivity index is 3.50. The molecule has 0 atom stereocenters. The Morgan fingerprint density at radius 1 is 1.24 bits per heavy atom. The Labute approximate surface area is 102 Å². The van der Waals surface area contributed by atoms with Gasteiger partial charge in [-0.1, -0.05) is 6.58 Å². The molecular formula is C12H18O5. The van der Waals surface area contributed by atoms with E-state index in [1.165, 1.54) is 0 Å². The highest BCUT2D eigenvalue weighted by Gasteiger charge is 2.10. The zero-order valence-electron chi connectivity index (χ0n) is 10.7. The molecule has 0 aromatic heterocycles. The van der Waals surface area contributed by atoms with Crippen LogP contribution in [0, 0.1) is 12.2 Å². The van der Waals surface area contributed by atoms with E-state index in [9.17, 15) is 4.79 Å². The molecule has 17 heavy (non-hydrogen) atoms. The second kappa shape index (κ2) is 7.58. The molecule has 96 valence electrons. The van der Waals surface area contributed by atoms with Gasteiger partial charge in [0.2, 0.25) is 6.11 Å². The SMILES string of the molecule is C=C(C)C(=O)OCCOC#COOC(C)(C)C. The fourth-order valence-corrected chi connectivity index (χ4v) is 0.543. The largest absolute Gasteiger partial charge is 0.459 e. The van der Waals surface area contributed by atoms with E-state index >= 15 is 0 Å². The van der Waals surface area contributed by atoms with Crippen LogP contribution in [0.4, 0.5) is 0 Å². The van der Waals surface area contributed by atoms with Crippen LogP contribution in [0.5, 0.6) is 0 Å². The molecule has 0 aromatic carbocycles. The highest BCUT2D eigenvalue weighted by molar-refractivity contribution is 5.86. The van der Waals surface area contributed by atoms with Crippen LogP contribution in [0.3, 0.4) is 0 Å². The van der Waals surface area contributed by atoms with Gasteiger partial charge >= 0.3 is 5.97 Å². The number of rotatable bonds is 5. The predicted octanol–water partition coefficient (Wildman–Crippen LogP) is 1.79. The van der Waals surface area contributed by atoms with E-state index in [1.54, 1.807) is 6.92 Å². The van der Waals surface area contributed by atoms with Gasteiger partial charge in [0.15, 0.2) is 6.11 Å². The summed E-state index contributed by atoms with van der Waals surface area (Å²) >= 11 is 0. The third-order valence-corrected chi connectivity index (χ3v) is 1.21. The van der Waals surface area contributed by atoms with Gasteiger partial charge in [-0.25, -0.2) is 4.79 Å². The summed E-state index contributed by atoms with van der Waals surface area (Å²) in [7, 11) is 0. The minimum atomic E-state index is -0.450. The standard InChI is InChI=1S/C12H18O5/c1-10(2)11(13)15-8-6-14-7-9-16-17-12(3,4)5/h1,6,8H2,2-5H3. The van der Waals surface area contributed by atoms with Crippen LogP contribution in [0.25, 0.3) is 0 Å². The van der Waals surface area contributed by atoms with Crippen molar-refractivity contribution in [3.63, 3.8) is 0 Å². The zero-order chi connectivity index (χ0) is 13.3. The van der Waals surface area contributed by atoms with Crippen LogP contribution in [-0.4, -0.2) is 24.8 Å². The van der Waals surface area contributed by atoms with Crippen LogP contribution in [0.15, 0.2) is 12.2 Å². The molecule has 0 aromatic rings. The minimum Gasteiger partial charge on any atom is -0.459 e. The van der Waals surface area contributed by atoms with Crippen molar-refractivity contribution in [2.75, 3.05) is 13.2 Å². The van der Waals surface area contributed by atoms with E-state index in [-0.39, 0.29) is 13.2 Å². The Bertz CT molecular complexity index is 316. The molecule has 0 bridgehead atoms. The third-order valence-electron chi connectivity index (χ3n) is 1.21. The lowest BCUT2D eigenvalue weighted by atomic mass is 10.2. The Kier molecular flexibility index (Phi) is 6.83. The molecule has 5 heteroatoms. The molecule has 0 N–H and O–H groups in total. The van der Waals surface area contributed by atoms with E-state index in [0.29, 0.717) is 5.57 Å². The number of ether oxygens (including phenoxy) is 2. The molecule has 0 aliphatic rings. The van der Waals surface area contributed by atoms with Crippen molar-refractivity contribution in [1.29, 1.82) is 0 Å². The van der Waals surface area contributed by atoms with Crippen molar-refractivity contribution in [2.45, 2.75) is 33.3 Å². The summed E-state index contributed by atoms with van der Waals surface area (Å²) in [5, 5.41) is 0. The van der Waals surface area contributed by atoms with Gasteiger partial charge in [-0.2, -0.15) is 4.89 Å². The molecule has 0 radical (unpaired) electrons. The predicted molar refractivity (Wildman–Crippen MR) is 61.4 cm³/mol. The maximum absolute atomic E-state index is 10.9. The van der Waals surface area contributed by atoms with Gasteiger partial charge in [-0.3, -0.25) is 4.89 Å². The lowest BCUT2D eigenvalue weighted by Gasteiger charge is -2.13. The Morgan fingerprint density at radius 2 is 1.88 bits per heavy atom. The topological polar surface area (TPSA) is 54.0 Å². The average Bonchev–Trinajstić information content (AvgIpc) is 2.19. The van der Waals surface area contributed by atoms with Crippen LogP contribution in [-0.2, 0) is 24.0 Å². The summed E-state index contributed by atoms with van der Waals surface area (Å²) in [6, 6.07) is 0. The first-order chi connectivity index (χ1) is 7.83. The van der Waals surface area contributed by atoms with Crippen LogP contribution >= 0.6 is 0 Å². The third kappa shape index (κ3) is 10.6. The number of esters is 1. The molecule has 0 aliphatic carbocycles. The minimum absolute atomic E-state index is 0.112. The van der Waals surface area contributed by atoms with E-state index in [4.69, 9.17) is 14.4 Å². The summed E-state index contributed by atoms with van der Waals surface area (Å²) in [6.07, 6.45) is 4.45. The van der Waals surface area contributed by atoms with Gasteiger partial charge in [0.05, 0.1) is 0 Å². The molecule has 0 saturated heterocycles. The van der Waals surface area contributed by atoms with Crippen molar-refractivity contribution >= 4 is 5.97 Å². The summed E-state index contributed by atoms with van der Waals surface area (Å²) < 4.78 is 9.57. The van der Waals surface area contributed by atoms with E-state index < -0.39 is 11.6 Å². The summed E-state index contributed by atoms with van der Waals surface area (Å²) in [5.74, 6) is -0.450. The second-order valence-corrected chi connectivity index (χ2v) is 4.25. The number of carbonyl (C=O) groups excluding carboxylic acids is 1. The molecule has 0 aliphatic heterocycles. The van der Waals surface area contributed by atoms with Crippen LogP contribution in [0.1, 0.15) is 27.7 Å². The fourth-order valence-electron chi connectivity index (χ4n) is 0.543. The smallest absolute Gasteiger partial charge is 0.333 e. The van der Waals surface area contributed by atoms with Gasteiger partial charge in [0.1, 0.15) is 18.8 Å². The number of carbonyl (C=O) groups is 1. The van der Waals surface area contributed by atoms with Gasteiger partial charge < -0.3 is 9.47 Å². The average molecular weight is 242 g/mol. The Hall–Kier alpha value is -1.67. The van der Waals surface area contributed by atoms with E-state index in [1.807, 2.05) is 20.8 Å². The summed E-state index contributed by atoms with van der Waals surface area (Å²) in [4.78, 5) is 20.3. The fraction of sp³-hybridized carbons (Fsp3) is 0.583. The van der Waals surface area contributed by atoms with Crippen molar-refractivity contribution in [3.05, 3.63) is 12.2 Å². The van der Waals surface area contributed by atoms with E-state index in [0.717, 1.165) is 0 Å². The maximum atomic E-state index is 10.9. The second-order valence-electron chi connectivity index (χ2n) is 4.25. The summed E-state index contributed by atoms with van der Waals surface area (Å²) in [6.45, 7) is 10.8. The molecule has 5 nitrogen and oxygen atoms in total. The highest BCUT2D eigenvalue weighted by Crippen LogP contribution is 2.05. The van der Waals surface area contributed by atoms with Crippen molar-refractivity contribution in [1.82, 2.24) is 0 Å². The first-order valence-electron chi connectivity index (χ1n) is 5.12. The normalized spacial score (nSPS) is 9.88. The quantitative estimate of drug-likeness (QED) is 0.184. The molecule has 0 heterocycles. The highest BCUT2D eigenvalue weighted by atomic mass is 17.2. The molecular weight excluding hydrogens is 224 g/mol. The first kappa shape index (κ1) is 15.3. The van der Waals surface area contributed by atoms with Crippen LogP contribution in [0.2, 0.25) is 0 Å². The lowest BCUT2D eigenvalue weighted by molar-refractivity contribution is -0.300. The van der Waals surface area contributed by atoms with Gasteiger partial charge in [0.25, 0.3) is 0 Å². The molecule has 0 amide bonds. The molecule has 0 unspecified atom stereocenters. The molecule has 0 saturated carbocycles. The van der Waals surface area contributed by atoms with E-state index in [2.05, 4.69) is 23.7 Å². The lowest BCUT2D eigenvalue weighted by Crippen LogP contribution is -2.17. The molecule has 0 rings (SSSR count). The first-order valence-corrected chi connectivity index (χ1v) is 5.12. The number of hydrogen-bond donors (Lipinski definition) is 0. The monoisotopic (exact) mass is 242 g/mol. The maximum Gasteiger partial charge on any atom is 0.333 e. The van der Waals surface area contributed by atoms with Crippen molar-refractivity contribution < 1.29 is 24.0 Å². The van der Waals surface area contributed by atoms with Gasteiger partial charge in [-0.15, -0.1) is 0 Å². The molecule has 0 spiro atoms. The van der Waals surface area contributed by atoms with Crippen molar-refractivity contribution in [2.24, 2.45) is 0 Å². The van der Waals surface area contributed by atoms with Crippen LogP contribution < -0.4 is 0 Å². The summed E-state index contributed by atoms with van der Waals surface area (Å²) in [5.41, 5.74) is -0.0795. The molecule has 0 fully saturated rings. The Morgan fingerprint density at radius 3 is 2.41 bits per heavy atom.